The van der Waals surface area contributed by atoms with Crippen molar-refractivity contribution in [2.24, 2.45) is 0 Å². The minimum atomic E-state index is 0.644. The van der Waals surface area contributed by atoms with Crippen molar-refractivity contribution in [1.82, 2.24) is 0 Å². The van der Waals surface area contributed by atoms with Crippen LogP contribution in [0, 0.1) is 11.3 Å². The standard InChI is InChI=1S/C14H12N2S2/c1-17-14-4-2-3-13(7-14)16-9-12(8-15)11-5-6-18-10-11/h2-7,9-10,16H,1H3. The van der Waals surface area contributed by atoms with Crippen molar-refractivity contribution < 1.29 is 0 Å². The van der Waals surface area contributed by atoms with Crippen molar-refractivity contribution in [1.29, 1.82) is 5.26 Å². The number of thiophene rings is 1. The van der Waals surface area contributed by atoms with Gasteiger partial charge in [0.2, 0.25) is 0 Å². The second-order valence-corrected chi connectivity index (χ2v) is 5.22. The number of thioether (sulfide) groups is 1. The molecule has 0 radical (unpaired) electrons. The van der Waals surface area contributed by atoms with Crippen molar-refractivity contribution in [3.63, 3.8) is 0 Å². The minimum absolute atomic E-state index is 0.644. The molecule has 0 saturated heterocycles. The molecule has 0 aliphatic heterocycles. The molecule has 90 valence electrons. The summed E-state index contributed by atoms with van der Waals surface area (Å²) in [5.74, 6) is 0. The fourth-order valence-corrected chi connectivity index (χ4v) is 2.58. The van der Waals surface area contributed by atoms with Gasteiger partial charge in [-0.15, -0.1) is 11.8 Å². The van der Waals surface area contributed by atoms with E-state index in [2.05, 4.69) is 23.5 Å². The number of allylic oxidation sites excluding steroid dienone is 1. The lowest BCUT2D eigenvalue weighted by Gasteiger charge is -2.03. The van der Waals surface area contributed by atoms with Gasteiger partial charge in [-0.05, 0) is 41.3 Å². The van der Waals surface area contributed by atoms with E-state index >= 15 is 0 Å². The first-order valence-electron chi connectivity index (χ1n) is 5.37. The Balaban J connectivity index is 2.16. The molecule has 4 heteroatoms. The number of hydrogen-bond acceptors (Lipinski definition) is 4. The average Bonchev–Trinajstić information content (AvgIpc) is 2.94. The summed E-state index contributed by atoms with van der Waals surface area (Å²) < 4.78 is 0. The molecule has 2 rings (SSSR count). The fourth-order valence-electron chi connectivity index (χ4n) is 1.47. The molecule has 1 aromatic carbocycles. The topological polar surface area (TPSA) is 35.8 Å². The number of nitrogens with one attached hydrogen (secondary N) is 1. The molecule has 1 N–H and O–H groups in total. The first-order valence-corrected chi connectivity index (χ1v) is 7.53. The Labute approximate surface area is 115 Å². The molecule has 2 aromatic rings. The molecule has 18 heavy (non-hydrogen) atoms. The van der Waals surface area contributed by atoms with Gasteiger partial charge in [0, 0.05) is 22.3 Å². The van der Waals surface area contributed by atoms with Crippen LogP contribution in [0.4, 0.5) is 5.69 Å². The number of nitriles is 1. The Morgan fingerprint density at radius 2 is 2.33 bits per heavy atom. The van der Waals surface area contributed by atoms with E-state index in [-0.39, 0.29) is 0 Å². The normalized spacial score (nSPS) is 11.0. The van der Waals surface area contributed by atoms with Crippen LogP contribution in [0.1, 0.15) is 5.56 Å². The molecule has 0 aliphatic carbocycles. The summed E-state index contributed by atoms with van der Waals surface area (Å²) >= 11 is 3.28. The van der Waals surface area contributed by atoms with Crippen LogP contribution in [0.25, 0.3) is 5.57 Å². The van der Waals surface area contributed by atoms with E-state index in [1.54, 1.807) is 29.3 Å². The maximum atomic E-state index is 9.12. The van der Waals surface area contributed by atoms with Crippen molar-refractivity contribution in [2.45, 2.75) is 4.90 Å². The summed E-state index contributed by atoms with van der Waals surface area (Å²) in [6.07, 6.45) is 3.79. The van der Waals surface area contributed by atoms with Gasteiger partial charge in [-0.25, -0.2) is 0 Å². The van der Waals surface area contributed by atoms with Gasteiger partial charge in [0.1, 0.15) is 6.07 Å². The first-order chi connectivity index (χ1) is 8.83. The highest BCUT2D eigenvalue weighted by molar-refractivity contribution is 7.98. The van der Waals surface area contributed by atoms with Crippen molar-refractivity contribution in [3.05, 3.63) is 52.9 Å². The second kappa shape index (κ2) is 6.29. The maximum absolute atomic E-state index is 9.12. The average molecular weight is 272 g/mol. The molecule has 2 nitrogen and oxygen atoms in total. The third kappa shape index (κ3) is 3.16. The predicted molar refractivity (Wildman–Crippen MR) is 79.8 cm³/mol. The number of hydrogen-bond donors (Lipinski definition) is 1. The largest absolute Gasteiger partial charge is 0.360 e. The monoisotopic (exact) mass is 272 g/mol. The van der Waals surface area contributed by atoms with E-state index in [0.717, 1.165) is 11.3 Å². The summed E-state index contributed by atoms with van der Waals surface area (Å²) in [6, 6.07) is 12.2. The summed E-state index contributed by atoms with van der Waals surface area (Å²) in [4.78, 5) is 1.20. The third-order valence-electron chi connectivity index (χ3n) is 2.41. The molecule has 0 amide bonds. The molecule has 1 heterocycles. The molecule has 0 spiro atoms. The van der Waals surface area contributed by atoms with Crippen LogP contribution in [0.15, 0.2) is 52.2 Å². The molecular weight excluding hydrogens is 260 g/mol. The number of rotatable bonds is 4. The fraction of sp³-hybridized carbons (Fsp3) is 0.0714. The van der Waals surface area contributed by atoms with Crippen LogP contribution >= 0.6 is 23.1 Å². The summed E-state index contributed by atoms with van der Waals surface area (Å²) in [5, 5.41) is 16.2. The van der Waals surface area contributed by atoms with Gasteiger partial charge in [0.15, 0.2) is 0 Å². The number of benzene rings is 1. The van der Waals surface area contributed by atoms with E-state index in [4.69, 9.17) is 5.26 Å². The van der Waals surface area contributed by atoms with Gasteiger partial charge in [0.05, 0.1) is 5.57 Å². The Morgan fingerprint density at radius 3 is 3.00 bits per heavy atom. The Bertz CT molecular complexity index is 580. The van der Waals surface area contributed by atoms with Crippen molar-refractivity contribution >= 4 is 34.4 Å². The molecule has 0 unspecified atom stereocenters. The maximum Gasteiger partial charge on any atom is 0.101 e. The smallest absolute Gasteiger partial charge is 0.101 e. The van der Waals surface area contributed by atoms with E-state index in [9.17, 15) is 0 Å². The van der Waals surface area contributed by atoms with E-state index < -0.39 is 0 Å². The Hall–Kier alpha value is -1.70. The highest BCUT2D eigenvalue weighted by Gasteiger charge is 2.00. The van der Waals surface area contributed by atoms with E-state index in [1.807, 2.05) is 35.2 Å². The Morgan fingerprint density at radius 1 is 1.44 bits per heavy atom. The molecule has 0 bridgehead atoms. The predicted octanol–water partition coefficient (Wildman–Crippen LogP) is 4.45. The molecule has 0 saturated carbocycles. The SMILES string of the molecule is CSc1cccc(NC=C(C#N)c2ccsc2)c1. The van der Waals surface area contributed by atoms with Gasteiger partial charge >= 0.3 is 0 Å². The van der Waals surface area contributed by atoms with Crippen LogP contribution in [-0.2, 0) is 0 Å². The summed E-state index contributed by atoms with van der Waals surface area (Å²) in [6.45, 7) is 0. The highest BCUT2D eigenvalue weighted by Crippen LogP contribution is 2.21. The van der Waals surface area contributed by atoms with E-state index in [1.165, 1.54) is 4.90 Å². The van der Waals surface area contributed by atoms with Crippen LogP contribution in [0.3, 0.4) is 0 Å². The Kier molecular flexibility index (Phi) is 4.46. The number of anilines is 1. The minimum Gasteiger partial charge on any atom is -0.360 e. The first kappa shape index (κ1) is 12.7. The molecule has 0 atom stereocenters. The molecule has 0 fully saturated rings. The lowest BCUT2D eigenvalue weighted by atomic mass is 10.2. The quantitative estimate of drug-likeness (QED) is 0.660. The lowest BCUT2D eigenvalue weighted by molar-refractivity contribution is 1.44. The van der Waals surface area contributed by atoms with Crippen LogP contribution in [0.2, 0.25) is 0 Å². The summed E-state index contributed by atoms with van der Waals surface area (Å²) in [5.41, 5.74) is 2.59. The third-order valence-corrected chi connectivity index (χ3v) is 3.81. The van der Waals surface area contributed by atoms with Gasteiger partial charge in [0.25, 0.3) is 0 Å². The highest BCUT2D eigenvalue weighted by atomic mass is 32.2. The molecule has 0 aliphatic rings. The van der Waals surface area contributed by atoms with E-state index in [0.29, 0.717) is 5.57 Å². The van der Waals surface area contributed by atoms with Crippen molar-refractivity contribution in [2.75, 3.05) is 11.6 Å². The zero-order chi connectivity index (χ0) is 12.8. The van der Waals surface area contributed by atoms with Gasteiger partial charge < -0.3 is 5.32 Å². The summed E-state index contributed by atoms with van der Waals surface area (Å²) in [7, 11) is 0. The van der Waals surface area contributed by atoms with Gasteiger partial charge in [-0.1, -0.05) is 6.07 Å². The van der Waals surface area contributed by atoms with Crippen molar-refractivity contribution in [3.8, 4) is 6.07 Å². The van der Waals surface area contributed by atoms with Crippen LogP contribution in [0.5, 0.6) is 0 Å². The molecule has 1 aromatic heterocycles. The number of nitrogens with zero attached hydrogens (tertiary/aromatic N) is 1. The molecular formula is C14H12N2S2. The zero-order valence-electron chi connectivity index (χ0n) is 9.88. The van der Waals surface area contributed by atoms with Crippen LogP contribution in [-0.4, -0.2) is 6.26 Å². The second-order valence-electron chi connectivity index (χ2n) is 3.56. The van der Waals surface area contributed by atoms with Gasteiger partial charge in [-0.3, -0.25) is 0 Å². The van der Waals surface area contributed by atoms with Gasteiger partial charge in [-0.2, -0.15) is 16.6 Å². The van der Waals surface area contributed by atoms with Crippen LogP contribution < -0.4 is 5.32 Å². The zero-order valence-corrected chi connectivity index (χ0v) is 11.5. The lowest BCUT2D eigenvalue weighted by Crippen LogP contribution is -1.90.